The summed E-state index contributed by atoms with van der Waals surface area (Å²) in [6, 6.07) is 0. The molecule has 0 radical (unpaired) electrons. The lowest BCUT2D eigenvalue weighted by Crippen LogP contribution is -2.66. The minimum atomic E-state index is -1.85. The minimum Gasteiger partial charge on any atom is -0.458 e. The van der Waals surface area contributed by atoms with E-state index in [2.05, 4.69) is 0 Å². The second kappa shape index (κ2) is 9.31. The molecule has 8 nitrogen and oxygen atoms in total. The summed E-state index contributed by atoms with van der Waals surface area (Å²) in [4.78, 5) is 39.1. The summed E-state index contributed by atoms with van der Waals surface area (Å²) in [7, 11) is 1.55. The number of hydrogen-bond donors (Lipinski definition) is 2. The van der Waals surface area contributed by atoms with Gasteiger partial charge < -0.3 is 24.4 Å². The summed E-state index contributed by atoms with van der Waals surface area (Å²) in [5.41, 5.74) is -4.17. The smallest absolute Gasteiger partial charge is 0.306 e. The Morgan fingerprint density at radius 3 is 2.30 bits per heavy atom. The van der Waals surface area contributed by atoms with Crippen LogP contribution in [-0.4, -0.2) is 64.6 Å². The number of esters is 2. The fraction of sp³-hybridized carbons (Fsp3) is 0.759. The highest BCUT2D eigenvalue weighted by molar-refractivity contribution is 6.04. The predicted molar refractivity (Wildman–Crippen MR) is 135 cm³/mol. The number of carbonyl (C=O) groups is 3. The van der Waals surface area contributed by atoms with Crippen LogP contribution in [0.5, 0.6) is 0 Å². The number of aliphatic hydroxyl groups is 2. The van der Waals surface area contributed by atoms with Gasteiger partial charge in [0.2, 0.25) is 0 Å². The normalized spacial score (nSPS) is 41.4. The molecule has 0 bridgehead atoms. The van der Waals surface area contributed by atoms with Crippen molar-refractivity contribution in [3.05, 3.63) is 23.3 Å². The molecule has 0 spiro atoms. The molecular formula is C29H42O8. The summed E-state index contributed by atoms with van der Waals surface area (Å²) in [6.07, 6.45) is 4.29. The van der Waals surface area contributed by atoms with Crippen molar-refractivity contribution >= 4 is 17.7 Å². The van der Waals surface area contributed by atoms with Crippen LogP contribution in [0.2, 0.25) is 0 Å². The van der Waals surface area contributed by atoms with Crippen molar-refractivity contribution in [1.82, 2.24) is 0 Å². The van der Waals surface area contributed by atoms with Crippen LogP contribution in [0.3, 0.4) is 0 Å². The Balaban J connectivity index is 1.92. The molecule has 8 heteroatoms. The maximum Gasteiger partial charge on any atom is 0.306 e. The third kappa shape index (κ3) is 3.77. The maximum atomic E-state index is 13.3. The average molecular weight is 519 g/mol. The van der Waals surface area contributed by atoms with Crippen LogP contribution in [0.4, 0.5) is 0 Å². The van der Waals surface area contributed by atoms with E-state index in [0.717, 1.165) is 0 Å². The Hall–Kier alpha value is -2.03. The molecule has 206 valence electrons. The molecular weight excluding hydrogens is 476 g/mol. The van der Waals surface area contributed by atoms with Crippen molar-refractivity contribution in [2.45, 2.75) is 96.6 Å². The standard InChI is InChI=1S/C29H42O8/c1-8-10-21(30)36-25-17(4)28(34)19(23-26(5,6)29(23,25)37-22(31)11-9-2)13-18(15-35-7)14-27(33)20(28)12-16(3)24(27)32/h12-13,17,19-20,23,25,33-34H,8-11,14-15H2,1-7H3/t17-,19+,20-,23-,25-,27-,28-,29-/m1/s1. The Morgan fingerprint density at radius 1 is 1.08 bits per heavy atom. The van der Waals surface area contributed by atoms with Gasteiger partial charge in [0.05, 0.1) is 12.2 Å². The molecule has 0 amide bonds. The summed E-state index contributed by atoms with van der Waals surface area (Å²) < 4.78 is 17.7. The van der Waals surface area contributed by atoms with E-state index in [1.165, 1.54) is 0 Å². The van der Waals surface area contributed by atoms with E-state index in [0.29, 0.717) is 24.0 Å². The van der Waals surface area contributed by atoms with E-state index in [9.17, 15) is 24.6 Å². The Bertz CT molecular complexity index is 1040. The lowest BCUT2D eigenvalue weighted by molar-refractivity contribution is -0.229. The summed E-state index contributed by atoms with van der Waals surface area (Å²) in [6.45, 7) is 11.3. The van der Waals surface area contributed by atoms with Crippen LogP contribution < -0.4 is 0 Å². The van der Waals surface area contributed by atoms with Gasteiger partial charge in [-0.3, -0.25) is 14.4 Å². The van der Waals surface area contributed by atoms with Crippen molar-refractivity contribution < 1.29 is 38.8 Å². The topological polar surface area (TPSA) is 119 Å². The predicted octanol–water partition coefficient (Wildman–Crippen LogP) is 3.29. The van der Waals surface area contributed by atoms with Gasteiger partial charge in [-0.1, -0.05) is 46.8 Å². The molecule has 37 heavy (non-hydrogen) atoms. The van der Waals surface area contributed by atoms with Gasteiger partial charge in [-0.15, -0.1) is 0 Å². The summed E-state index contributed by atoms with van der Waals surface area (Å²) in [5.74, 6) is -3.87. The highest BCUT2D eigenvalue weighted by Gasteiger charge is 2.87. The third-order valence-electron chi connectivity index (χ3n) is 9.53. The molecule has 0 aromatic heterocycles. The second-order valence-electron chi connectivity index (χ2n) is 12.1. The fourth-order valence-electron chi connectivity index (χ4n) is 7.85. The highest BCUT2D eigenvalue weighted by atomic mass is 16.6. The number of carbonyl (C=O) groups excluding carboxylic acids is 3. The van der Waals surface area contributed by atoms with Crippen LogP contribution in [0.1, 0.15) is 73.6 Å². The first kappa shape index (κ1) is 28.0. The first-order valence-corrected chi connectivity index (χ1v) is 13.5. The maximum absolute atomic E-state index is 13.3. The lowest BCUT2D eigenvalue weighted by Gasteiger charge is -2.53. The number of ketones is 1. The third-order valence-corrected chi connectivity index (χ3v) is 9.53. The molecule has 4 aliphatic rings. The van der Waals surface area contributed by atoms with Gasteiger partial charge in [-0.05, 0) is 30.9 Å². The monoisotopic (exact) mass is 518 g/mol. The van der Waals surface area contributed by atoms with E-state index >= 15 is 0 Å². The minimum absolute atomic E-state index is 0.0275. The molecule has 2 N–H and O–H groups in total. The molecule has 0 aliphatic heterocycles. The quantitative estimate of drug-likeness (QED) is 0.371. The number of fused-ring (bicyclic) bond motifs is 5. The van der Waals surface area contributed by atoms with E-state index in [-0.39, 0.29) is 31.8 Å². The lowest BCUT2D eigenvalue weighted by atomic mass is 9.59. The molecule has 0 saturated heterocycles. The van der Waals surface area contributed by atoms with Crippen molar-refractivity contribution in [3.63, 3.8) is 0 Å². The molecule has 8 atom stereocenters. The average Bonchev–Trinajstić information content (AvgIpc) is 3.23. The molecule has 0 heterocycles. The van der Waals surface area contributed by atoms with E-state index in [4.69, 9.17) is 14.2 Å². The molecule has 0 aromatic carbocycles. The number of hydrogen-bond acceptors (Lipinski definition) is 8. The number of ether oxygens (including phenoxy) is 3. The summed E-state index contributed by atoms with van der Waals surface area (Å²) >= 11 is 0. The molecule has 4 aliphatic carbocycles. The Morgan fingerprint density at radius 2 is 1.70 bits per heavy atom. The first-order chi connectivity index (χ1) is 17.3. The number of methoxy groups -OCH3 is 1. The fourth-order valence-corrected chi connectivity index (χ4v) is 7.85. The second-order valence-corrected chi connectivity index (χ2v) is 12.1. The van der Waals surface area contributed by atoms with Crippen LogP contribution in [0.15, 0.2) is 23.3 Å². The van der Waals surface area contributed by atoms with E-state index in [1.807, 2.05) is 33.8 Å². The van der Waals surface area contributed by atoms with Gasteiger partial charge >= 0.3 is 11.9 Å². The molecule has 2 saturated carbocycles. The van der Waals surface area contributed by atoms with Crippen molar-refractivity contribution in [1.29, 1.82) is 0 Å². The van der Waals surface area contributed by atoms with Crippen molar-refractivity contribution in [2.24, 2.45) is 29.1 Å². The number of Topliss-reactive ketones (excluding diaryl/α,β-unsaturated/α-hetero) is 1. The van der Waals surface area contributed by atoms with Crippen LogP contribution in [0.25, 0.3) is 0 Å². The molecule has 0 unspecified atom stereocenters. The SMILES string of the molecule is CCCC(=O)O[C@@H]1[C@@H](C)[C@@]2(O)[C@@H](C=C(COC)C[C@]3(O)C(=O)C(C)=C[C@@H]23)[C@@H]2C(C)(C)[C@]12OC(=O)CCC. The molecule has 0 aromatic rings. The van der Waals surface area contributed by atoms with Gasteiger partial charge in [0.1, 0.15) is 11.7 Å². The van der Waals surface area contributed by atoms with Crippen molar-refractivity contribution in [3.8, 4) is 0 Å². The highest BCUT2D eigenvalue weighted by Crippen LogP contribution is 2.77. The zero-order valence-corrected chi connectivity index (χ0v) is 23.1. The Labute approximate surface area is 219 Å². The van der Waals surface area contributed by atoms with Crippen LogP contribution in [0, 0.1) is 29.1 Å². The van der Waals surface area contributed by atoms with Gasteiger partial charge in [0, 0.05) is 55.5 Å². The zero-order chi connectivity index (χ0) is 27.6. The first-order valence-electron chi connectivity index (χ1n) is 13.5. The Kier molecular flexibility index (Phi) is 7.04. The van der Waals surface area contributed by atoms with Crippen LogP contribution >= 0.6 is 0 Å². The van der Waals surface area contributed by atoms with Gasteiger partial charge in [-0.25, -0.2) is 0 Å². The molecule has 2 fully saturated rings. The molecule has 4 rings (SSSR count). The van der Waals surface area contributed by atoms with Crippen molar-refractivity contribution in [2.75, 3.05) is 13.7 Å². The van der Waals surface area contributed by atoms with Gasteiger partial charge in [-0.2, -0.15) is 0 Å². The van der Waals surface area contributed by atoms with Crippen LogP contribution in [-0.2, 0) is 28.6 Å². The van der Waals surface area contributed by atoms with E-state index < -0.39 is 63.7 Å². The largest absolute Gasteiger partial charge is 0.458 e. The zero-order valence-electron chi connectivity index (χ0n) is 23.1. The number of rotatable bonds is 8. The van der Waals surface area contributed by atoms with E-state index in [1.54, 1.807) is 27.0 Å². The van der Waals surface area contributed by atoms with Gasteiger partial charge in [0.25, 0.3) is 0 Å². The summed E-state index contributed by atoms with van der Waals surface area (Å²) in [5, 5.41) is 24.6. The van der Waals surface area contributed by atoms with Gasteiger partial charge in [0.15, 0.2) is 11.4 Å².